The predicted octanol–water partition coefficient (Wildman–Crippen LogP) is 3.09. The number of nitrogens with one attached hydrogen (secondary N) is 1. The molecule has 6 heteroatoms. The van der Waals surface area contributed by atoms with E-state index in [0.717, 1.165) is 48.1 Å². The van der Waals surface area contributed by atoms with Gasteiger partial charge in [0, 0.05) is 35.4 Å². The predicted molar refractivity (Wildman–Crippen MR) is 112 cm³/mol. The number of anilines is 1. The summed E-state index contributed by atoms with van der Waals surface area (Å²) < 4.78 is 0. The van der Waals surface area contributed by atoms with Crippen LogP contribution in [0.1, 0.15) is 29.8 Å². The molecule has 144 valence electrons. The van der Waals surface area contributed by atoms with E-state index in [-0.39, 0.29) is 11.9 Å². The van der Waals surface area contributed by atoms with Crippen LogP contribution in [0.15, 0.2) is 48.7 Å². The molecule has 1 aliphatic heterocycles. The lowest BCUT2D eigenvalue weighted by atomic mass is 10.1. The summed E-state index contributed by atoms with van der Waals surface area (Å²) in [6, 6.07) is 13.3. The van der Waals surface area contributed by atoms with Gasteiger partial charge in [0.25, 0.3) is 5.91 Å². The number of nitrogens with two attached hydrogens (primary N) is 1. The van der Waals surface area contributed by atoms with Crippen molar-refractivity contribution in [3.05, 3.63) is 54.4 Å². The summed E-state index contributed by atoms with van der Waals surface area (Å²) in [5.41, 5.74) is 9.70. The van der Waals surface area contributed by atoms with Crippen molar-refractivity contribution in [3.63, 3.8) is 0 Å². The molecule has 0 saturated carbocycles. The Morgan fingerprint density at radius 2 is 2.11 bits per heavy atom. The van der Waals surface area contributed by atoms with Gasteiger partial charge < -0.3 is 16.0 Å². The van der Waals surface area contributed by atoms with Crippen LogP contribution in [0, 0.1) is 0 Å². The number of carbonyl (C=O) groups is 1. The molecule has 1 fully saturated rings. The van der Waals surface area contributed by atoms with Gasteiger partial charge >= 0.3 is 0 Å². The van der Waals surface area contributed by atoms with Crippen molar-refractivity contribution in [3.8, 4) is 11.3 Å². The third-order valence-electron chi connectivity index (χ3n) is 5.26. The molecule has 0 spiro atoms. The zero-order valence-electron chi connectivity index (χ0n) is 16.1. The molecule has 1 atom stereocenters. The van der Waals surface area contributed by atoms with E-state index in [1.54, 1.807) is 18.3 Å². The second kappa shape index (κ2) is 7.94. The Bertz CT molecular complexity index is 1000. The third kappa shape index (κ3) is 3.97. The van der Waals surface area contributed by atoms with Crippen molar-refractivity contribution in [2.45, 2.75) is 25.3 Å². The zero-order chi connectivity index (χ0) is 19.5. The van der Waals surface area contributed by atoms with Crippen LogP contribution in [0.2, 0.25) is 0 Å². The first-order valence-corrected chi connectivity index (χ1v) is 9.71. The van der Waals surface area contributed by atoms with Crippen molar-refractivity contribution >= 4 is 22.5 Å². The van der Waals surface area contributed by atoms with Gasteiger partial charge in [-0.3, -0.25) is 9.78 Å². The highest BCUT2D eigenvalue weighted by molar-refractivity contribution is 5.94. The van der Waals surface area contributed by atoms with E-state index in [9.17, 15) is 4.79 Å². The molecule has 1 aromatic carbocycles. The number of nitrogens with zero attached hydrogens (tertiary/aromatic N) is 3. The lowest BCUT2D eigenvalue weighted by Gasteiger charge is -2.21. The van der Waals surface area contributed by atoms with Gasteiger partial charge in [0.2, 0.25) is 0 Å². The standard InChI is InChI=1S/C22H25N5O/c1-27-12-3-2-5-16(14-27)25-22(28)21-7-4-6-19(26-21)15-8-9-20-17(13-15)18(23)10-11-24-20/h4,6-11,13,16H,2-3,5,12,14H2,1H3,(H2,23,24)(H,25,28). The number of likely N-dealkylation sites (N-methyl/N-ethyl adjacent to an activating group) is 1. The minimum Gasteiger partial charge on any atom is -0.398 e. The van der Waals surface area contributed by atoms with E-state index in [1.165, 1.54) is 6.42 Å². The Morgan fingerprint density at radius 1 is 1.21 bits per heavy atom. The number of fused-ring (bicyclic) bond motifs is 1. The average Bonchev–Trinajstić information content (AvgIpc) is 2.92. The Balaban J connectivity index is 1.57. The number of carbonyl (C=O) groups excluding carboxylic acids is 1. The number of rotatable bonds is 3. The molecular formula is C22H25N5O. The van der Waals surface area contributed by atoms with E-state index in [2.05, 4.69) is 27.2 Å². The van der Waals surface area contributed by atoms with E-state index in [1.807, 2.05) is 30.3 Å². The van der Waals surface area contributed by atoms with E-state index in [0.29, 0.717) is 11.4 Å². The fourth-order valence-corrected chi connectivity index (χ4v) is 3.76. The molecule has 3 N–H and O–H groups in total. The van der Waals surface area contributed by atoms with Gasteiger partial charge in [-0.15, -0.1) is 0 Å². The summed E-state index contributed by atoms with van der Waals surface area (Å²) in [5.74, 6) is -0.121. The fourth-order valence-electron chi connectivity index (χ4n) is 3.76. The number of hydrogen-bond donors (Lipinski definition) is 2. The molecule has 3 aromatic rings. The fraction of sp³-hybridized carbons (Fsp3) is 0.318. The highest BCUT2D eigenvalue weighted by Crippen LogP contribution is 2.25. The molecule has 2 aromatic heterocycles. The highest BCUT2D eigenvalue weighted by atomic mass is 16.1. The molecule has 0 aliphatic carbocycles. The molecule has 1 aliphatic rings. The van der Waals surface area contributed by atoms with Crippen LogP contribution >= 0.6 is 0 Å². The summed E-state index contributed by atoms with van der Waals surface area (Å²) >= 11 is 0. The molecule has 6 nitrogen and oxygen atoms in total. The summed E-state index contributed by atoms with van der Waals surface area (Å²) in [6.45, 7) is 1.96. The molecule has 1 unspecified atom stereocenters. The van der Waals surface area contributed by atoms with Crippen molar-refractivity contribution in [2.24, 2.45) is 0 Å². The van der Waals surface area contributed by atoms with Gasteiger partial charge in [-0.25, -0.2) is 4.98 Å². The van der Waals surface area contributed by atoms with Crippen LogP contribution < -0.4 is 11.1 Å². The quantitative estimate of drug-likeness (QED) is 0.735. The van der Waals surface area contributed by atoms with Gasteiger partial charge in [-0.2, -0.15) is 0 Å². The number of pyridine rings is 2. The van der Waals surface area contributed by atoms with Crippen molar-refractivity contribution < 1.29 is 4.79 Å². The SMILES string of the molecule is CN1CCCCC(NC(=O)c2cccc(-c3ccc4nccc(N)c4c3)n2)C1. The normalized spacial score (nSPS) is 18.0. The second-order valence-electron chi connectivity index (χ2n) is 7.47. The van der Waals surface area contributed by atoms with E-state index in [4.69, 9.17) is 5.73 Å². The first-order chi connectivity index (χ1) is 13.6. The first-order valence-electron chi connectivity index (χ1n) is 9.71. The summed E-state index contributed by atoms with van der Waals surface area (Å²) in [7, 11) is 2.10. The average molecular weight is 375 g/mol. The molecular weight excluding hydrogens is 350 g/mol. The van der Waals surface area contributed by atoms with Crippen molar-refractivity contribution in [1.82, 2.24) is 20.2 Å². The van der Waals surface area contributed by atoms with Crippen molar-refractivity contribution in [2.75, 3.05) is 25.9 Å². The molecule has 28 heavy (non-hydrogen) atoms. The monoisotopic (exact) mass is 375 g/mol. The van der Waals surface area contributed by atoms with Crippen molar-refractivity contribution in [1.29, 1.82) is 0 Å². The molecule has 4 rings (SSSR count). The van der Waals surface area contributed by atoms with Gasteiger partial charge in [-0.1, -0.05) is 18.6 Å². The van der Waals surface area contributed by atoms with Crippen LogP contribution in [0.5, 0.6) is 0 Å². The molecule has 1 amide bonds. The van der Waals surface area contributed by atoms with Gasteiger partial charge in [0.15, 0.2) is 0 Å². The second-order valence-corrected chi connectivity index (χ2v) is 7.47. The van der Waals surface area contributed by atoms with Crippen LogP contribution in [0.3, 0.4) is 0 Å². The maximum absolute atomic E-state index is 12.8. The van der Waals surface area contributed by atoms with Gasteiger partial charge in [-0.05, 0) is 56.8 Å². The van der Waals surface area contributed by atoms with Crippen LogP contribution in [0.25, 0.3) is 22.2 Å². The largest absolute Gasteiger partial charge is 0.398 e. The molecule has 1 saturated heterocycles. The Morgan fingerprint density at radius 3 is 3.00 bits per heavy atom. The maximum Gasteiger partial charge on any atom is 0.270 e. The summed E-state index contributed by atoms with van der Waals surface area (Å²) in [6.07, 6.45) is 5.02. The summed E-state index contributed by atoms with van der Waals surface area (Å²) in [5, 5.41) is 4.04. The van der Waals surface area contributed by atoms with Crippen LogP contribution in [-0.4, -0.2) is 47.0 Å². The third-order valence-corrected chi connectivity index (χ3v) is 5.26. The number of nitrogen functional groups attached to an aromatic ring is 1. The van der Waals surface area contributed by atoms with Crippen LogP contribution in [-0.2, 0) is 0 Å². The summed E-state index contributed by atoms with van der Waals surface area (Å²) in [4.78, 5) is 24.0. The topological polar surface area (TPSA) is 84.1 Å². The number of likely N-dealkylation sites (tertiary alicyclic amines) is 1. The maximum atomic E-state index is 12.8. The smallest absolute Gasteiger partial charge is 0.270 e. The Hall–Kier alpha value is -2.99. The van der Waals surface area contributed by atoms with Gasteiger partial charge in [0.1, 0.15) is 5.69 Å². The minimum absolute atomic E-state index is 0.121. The van der Waals surface area contributed by atoms with E-state index >= 15 is 0 Å². The number of amides is 1. The molecule has 0 radical (unpaired) electrons. The lowest BCUT2D eigenvalue weighted by molar-refractivity contribution is 0.0924. The zero-order valence-corrected chi connectivity index (χ0v) is 16.1. The molecule has 3 heterocycles. The molecule has 0 bridgehead atoms. The van der Waals surface area contributed by atoms with Crippen LogP contribution in [0.4, 0.5) is 5.69 Å². The van der Waals surface area contributed by atoms with E-state index < -0.39 is 0 Å². The Labute approximate surface area is 164 Å². The highest BCUT2D eigenvalue weighted by Gasteiger charge is 2.19. The van der Waals surface area contributed by atoms with Gasteiger partial charge in [0.05, 0.1) is 11.2 Å². The number of hydrogen-bond acceptors (Lipinski definition) is 5. The minimum atomic E-state index is -0.121. The first kappa shape index (κ1) is 18.4. The number of aromatic nitrogens is 2. The Kier molecular flexibility index (Phi) is 5.21. The lowest BCUT2D eigenvalue weighted by Crippen LogP contribution is -2.41. The number of benzene rings is 1.